The van der Waals surface area contributed by atoms with Gasteiger partial charge in [0.25, 0.3) is 0 Å². The molecule has 1 aliphatic carbocycles. The SMILES string of the molecule is CCS(C)(C)CC1=CC=CC1. The van der Waals surface area contributed by atoms with E-state index in [4.69, 9.17) is 0 Å². The molecule has 11 heavy (non-hydrogen) atoms. The summed E-state index contributed by atoms with van der Waals surface area (Å²) in [6.45, 7) is 2.30. The quantitative estimate of drug-likeness (QED) is 0.611. The molecule has 0 aliphatic heterocycles. The molecule has 0 heterocycles. The van der Waals surface area contributed by atoms with Crippen LogP contribution in [0.1, 0.15) is 13.3 Å². The van der Waals surface area contributed by atoms with Gasteiger partial charge in [0.2, 0.25) is 0 Å². The molecule has 1 aliphatic rings. The smallest absolute Gasteiger partial charge is 0.00150 e. The van der Waals surface area contributed by atoms with E-state index < -0.39 is 0 Å². The fraction of sp³-hybridized carbons (Fsp3) is 0.600. The van der Waals surface area contributed by atoms with E-state index >= 15 is 0 Å². The molecule has 0 unspecified atom stereocenters. The summed E-state index contributed by atoms with van der Waals surface area (Å²) >= 11 is 0. The Morgan fingerprint density at radius 2 is 2.18 bits per heavy atom. The van der Waals surface area contributed by atoms with Crippen LogP contribution in [-0.4, -0.2) is 24.0 Å². The van der Waals surface area contributed by atoms with Crippen molar-refractivity contribution in [1.82, 2.24) is 0 Å². The Bertz CT molecular complexity index is 187. The average molecular weight is 170 g/mol. The Morgan fingerprint density at radius 1 is 1.45 bits per heavy atom. The molecule has 1 rings (SSSR count). The first kappa shape index (κ1) is 8.92. The summed E-state index contributed by atoms with van der Waals surface area (Å²) in [4.78, 5) is 0. The normalized spacial score (nSPS) is 18.6. The first-order chi connectivity index (χ1) is 5.14. The van der Waals surface area contributed by atoms with Gasteiger partial charge in [-0.3, -0.25) is 0 Å². The van der Waals surface area contributed by atoms with Crippen LogP contribution in [0, 0.1) is 0 Å². The Labute approximate surface area is 71.7 Å². The molecule has 0 saturated carbocycles. The summed E-state index contributed by atoms with van der Waals surface area (Å²) in [6.07, 6.45) is 12.8. The maximum absolute atomic E-state index is 2.42. The summed E-state index contributed by atoms with van der Waals surface area (Å²) in [6, 6.07) is 0. The zero-order chi connectivity index (χ0) is 8.32. The molecular formula is C10H18S. The van der Waals surface area contributed by atoms with Gasteiger partial charge in [-0.25, -0.2) is 10.0 Å². The molecule has 0 amide bonds. The van der Waals surface area contributed by atoms with Crippen molar-refractivity contribution in [3.63, 3.8) is 0 Å². The lowest BCUT2D eigenvalue weighted by molar-refractivity contribution is 1.25. The van der Waals surface area contributed by atoms with Gasteiger partial charge in [-0.2, -0.15) is 0 Å². The Kier molecular flexibility index (Phi) is 2.83. The van der Waals surface area contributed by atoms with Gasteiger partial charge < -0.3 is 0 Å². The summed E-state index contributed by atoms with van der Waals surface area (Å²) < 4.78 is 0. The molecule has 0 aromatic carbocycles. The van der Waals surface area contributed by atoms with Crippen molar-refractivity contribution in [2.45, 2.75) is 13.3 Å². The molecular weight excluding hydrogens is 152 g/mol. The van der Waals surface area contributed by atoms with Gasteiger partial charge in [0.05, 0.1) is 0 Å². The van der Waals surface area contributed by atoms with E-state index in [1.807, 2.05) is 0 Å². The molecule has 0 aromatic heterocycles. The fourth-order valence-electron chi connectivity index (χ4n) is 1.20. The van der Waals surface area contributed by atoms with Crippen LogP contribution in [0.2, 0.25) is 0 Å². The van der Waals surface area contributed by atoms with Crippen LogP contribution in [0.4, 0.5) is 0 Å². The van der Waals surface area contributed by atoms with Gasteiger partial charge in [-0.05, 0) is 30.4 Å². The molecule has 0 radical (unpaired) electrons. The van der Waals surface area contributed by atoms with Crippen LogP contribution in [0.15, 0.2) is 23.8 Å². The highest BCUT2D eigenvalue weighted by Gasteiger charge is 2.11. The minimum absolute atomic E-state index is 0.311. The van der Waals surface area contributed by atoms with Crippen LogP contribution < -0.4 is 0 Å². The molecule has 1 heteroatoms. The number of hydrogen-bond donors (Lipinski definition) is 0. The minimum Gasteiger partial charge on any atom is -0.243 e. The Hall–Kier alpha value is -0.170. The van der Waals surface area contributed by atoms with Crippen LogP contribution in [0.25, 0.3) is 0 Å². The zero-order valence-corrected chi connectivity index (χ0v) is 8.58. The third-order valence-electron chi connectivity index (χ3n) is 2.21. The number of hydrogen-bond acceptors (Lipinski definition) is 0. The predicted molar refractivity (Wildman–Crippen MR) is 56.7 cm³/mol. The number of rotatable bonds is 3. The molecule has 64 valence electrons. The highest BCUT2D eigenvalue weighted by Crippen LogP contribution is 2.42. The van der Waals surface area contributed by atoms with Gasteiger partial charge >= 0.3 is 0 Å². The maximum Gasteiger partial charge on any atom is -0.00150 e. The van der Waals surface area contributed by atoms with Crippen molar-refractivity contribution in [1.29, 1.82) is 0 Å². The standard InChI is InChI=1S/C10H18S/c1-4-11(2,3)9-10-7-5-6-8-10/h5-7H,4,8-9H2,1-3H3. The van der Waals surface area contributed by atoms with E-state index in [-0.39, 0.29) is 10.0 Å². The maximum atomic E-state index is 2.42. The molecule has 0 atom stereocenters. The average Bonchev–Trinajstić information content (AvgIpc) is 2.39. The summed E-state index contributed by atoms with van der Waals surface area (Å²) in [5.41, 5.74) is 1.63. The van der Waals surface area contributed by atoms with Gasteiger partial charge in [0.15, 0.2) is 0 Å². The summed E-state index contributed by atoms with van der Waals surface area (Å²) in [5.74, 6) is 2.70. The fourth-order valence-corrected chi connectivity index (χ4v) is 2.62. The Morgan fingerprint density at radius 3 is 2.64 bits per heavy atom. The van der Waals surface area contributed by atoms with Gasteiger partial charge in [0.1, 0.15) is 0 Å². The second-order valence-electron chi connectivity index (χ2n) is 3.66. The lowest BCUT2D eigenvalue weighted by Crippen LogP contribution is -2.05. The predicted octanol–water partition coefficient (Wildman–Crippen LogP) is 2.96. The van der Waals surface area contributed by atoms with Gasteiger partial charge in [-0.1, -0.05) is 30.7 Å². The molecule has 0 spiro atoms. The molecule has 0 saturated heterocycles. The van der Waals surface area contributed by atoms with E-state index in [2.05, 4.69) is 37.7 Å². The molecule has 0 N–H and O–H groups in total. The van der Waals surface area contributed by atoms with E-state index in [1.54, 1.807) is 5.57 Å². The lowest BCUT2D eigenvalue weighted by Gasteiger charge is -2.30. The van der Waals surface area contributed by atoms with Crippen molar-refractivity contribution in [2.75, 3.05) is 24.0 Å². The summed E-state index contributed by atoms with van der Waals surface area (Å²) in [5, 5.41) is 0. The van der Waals surface area contributed by atoms with Crippen molar-refractivity contribution >= 4 is 10.0 Å². The molecule has 0 fully saturated rings. The highest BCUT2D eigenvalue weighted by molar-refractivity contribution is 8.32. The van der Waals surface area contributed by atoms with Crippen molar-refractivity contribution in [3.05, 3.63) is 23.8 Å². The second kappa shape index (κ2) is 3.48. The summed E-state index contributed by atoms with van der Waals surface area (Å²) in [7, 11) is -0.311. The first-order valence-electron chi connectivity index (χ1n) is 4.17. The van der Waals surface area contributed by atoms with Gasteiger partial charge in [0, 0.05) is 0 Å². The molecule has 0 bridgehead atoms. The third kappa shape index (κ3) is 2.74. The second-order valence-corrected chi connectivity index (χ2v) is 8.06. The van der Waals surface area contributed by atoms with Crippen LogP contribution in [0.5, 0.6) is 0 Å². The highest BCUT2D eigenvalue weighted by atomic mass is 32.3. The molecule has 0 aromatic rings. The largest absolute Gasteiger partial charge is 0.243 e. The number of allylic oxidation sites excluding steroid dienone is 3. The van der Waals surface area contributed by atoms with Crippen molar-refractivity contribution < 1.29 is 0 Å². The van der Waals surface area contributed by atoms with Crippen LogP contribution in [0.3, 0.4) is 0 Å². The topological polar surface area (TPSA) is 0 Å². The zero-order valence-electron chi connectivity index (χ0n) is 7.76. The monoisotopic (exact) mass is 170 g/mol. The van der Waals surface area contributed by atoms with Gasteiger partial charge in [-0.15, -0.1) is 0 Å². The Balaban J connectivity index is 2.42. The van der Waals surface area contributed by atoms with E-state index in [9.17, 15) is 0 Å². The minimum atomic E-state index is -0.311. The molecule has 0 nitrogen and oxygen atoms in total. The van der Waals surface area contributed by atoms with E-state index in [1.165, 1.54) is 17.9 Å². The van der Waals surface area contributed by atoms with E-state index in [0.29, 0.717) is 0 Å². The van der Waals surface area contributed by atoms with Crippen LogP contribution >= 0.6 is 10.0 Å². The van der Waals surface area contributed by atoms with Crippen molar-refractivity contribution in [2.24, 2.45) is 0 Å². The third-order valence-corrected chi connectivity index (χ3v) is 4.92. The lowest BCUT2D eigenvalue weighted by atomic mass is 10.3. The van der Waals surface area contributed by atoms with Crippen molar-refractivity contribution in [3.8, 4) is 0 Å². The van der Waals surface area contributed by atoms with Crippen LogP contribution in [-0.2, 0) is 0 Å². The van der Waals surface area contributed by atoms with E-state index in [0.717, 1.165) is 0 Å². The first-order valence-corrected chi connectivity index (χ1v) is 6.96.